The van der Waals surface area contributed by atoms with Gasteiger partial charge in [-0.25, -0.2) is 0 Å². The van der Waals surface area contributed by atoms with Gasteiger partial charge in [-0.3, -0.25) is 0 Å². The lowest BCUT2D eigenvalue weighted by Crippen LogP contribution is -2.51. The lowest BCUT2D eigenvalue weighted by atomic mass is 9.76. The van der Waals surface area contributed by atoms with Crippen LogP contribution in [0.4, 0.5) is 0 Å². The summed E-state index contributed by atoms with van der Waals surface area (Å²) in [4.78, 5) is 0. The summed E-state index contributed by atoms with van der Waals surface area (Å²) >= 11 is 0. The molecule has 0 aromatic carbocycles. The zero-order valence-corrected chi connectivity index (χ0v) is 9.43. The van der Waals surface area contributed by atoms with Gasteiger partial charge < -0.3 is 10.2 Å². The normalized spacial score (nSPS) is 17.1. The summed E-state index contributed by atoms with van der Waals surface area (Å²) in [6.45, 7) is 7.72. The topological polar surface area (TPSA) is 40.5 Å². The van der Waals surface area contributed by atoms with E-state index >= 15 is 0 Å². The maximum atomic E-state index is 10.3. The highest BCUT2D eigenvalue weighted by Crippen LogP contribution is 2.33. The highest BCUT2D eigenvalue weighted by Gasteiger charge is 2.42. The average Bonchev–Trinajstić information content (AvgIpc) is 2.05. The number of aliphatic hydroxyl groups is 2. The Kier molecular flexibility index (Phi) is 4.93. The Bertz CT molecular complexity index is 135. The molecule has 0 fully saturated rings. The van der Waals surface area contributed by atoms with Crippen LogP contribution >= 0.6 is 0 Å². The Morgan fingerprint density at radius 1 is 0.923 bits per heavy atom. The molecule has 0 aromatic heterocycles. The summed E-state index contributed by atoms with van der Waals surface area (Å²) in [6.07, 6.45) is 3.78. The van der Waals surface area contributed by atoms with Crippen molar-refractivity contribution in [3.63, 3.8) is 0 Å². The van der Waals surface area contributed by atoms with Gasteiger partial charge >= 0.3 is 0 Å². The second-order valence-electron chi connectivity index (χ2n) is 4.16. The van der Waals surface area contributed by atoms with E-state index < -0.39 is 11.2 Å². The molecule has 80 valence electrons. The lowest BCUT2D eigenvalue weighted by molar-refractivity contribution is -0.152. The van der Waals surface area contributed by atoms with E-state index in [0.29, 0.717) is 19.3 Å². The first-order valence-electron chi connectivity index (χ1n) is 5.38. The van der Waals surface area contributed by atoms with Crippen molar-refractivity contribution in [2.45, 2.75) is 71.0 Å². The summed E-state index contributed by atoms with van der Waals surface area (Å²) in [5.41, 5.74) is -1.84. The number of hydrogen-bond donors (Lipinski definition) is 2. The van der Waals surface area contributed by atoms with Crippen LogP contribution in [0.3, 0.4) is 0 Å². The summed E-state index contributed by atoms with van der Waals surface area (Å²) in [5.74, 6) is 0. The molecule has 0 saturated carbocycles. The van der Waals surface area contributed by atoms with E-state index in [1.807, 2.05) is 20.8 Å². The fourth-order valence-corrected chi connectivity index (χ4v) is 1.82. The van der Waals surface area contributed by atoms with E-state index in [0.717, 1.165) is 12.8 Å². The third-order valence-corrected chi connectivity index (χ3v) is 3.02. The van der Waals surface area contributed by atoms with E-state index in [9.17, 15) is 10.2 Å². The van der Waals surface area contributed by atoms with Gasteiger partial charge in [0.15, 0.2) is 0 Å². The van der Waals surface area contributed by atoms with Gasteiger partial charge in [0, 0.05) is 0 Å². The first-order chi connectivity index (χ1) is 5.93. The van der Waals surface area contributed by atoms with Crippen LogP contribution in [0, 0.1) is 0 Å². The SMILES string of the molecule is CCCC(O)(CCC)C(C)(O)CC. The zero-order valence-electron chi connectivity index (χ0n) is 9.43. The predicted molar refractivity (Wildman–Crippen MR) is 55.7 cm³/mol. The minimum Gasteiger partial charge on any atom is -0.387 e. The van der Waals surface area contributed by atoms with Crippen molar-refractivity contribution in [2.75, 3.05) is 0 Å². The lowest BCUT2D eigenvalue weighted by Gasteiger charge is -2.41. The van der Waals surface area contributed by atoms with Gasteiger partial charge in [-0.2, -0.15) is 0 Å². The van der Waals surface area contributed by atoms with Gasteiger partial charge in [0.1, 0.15) is 0 Å². The first kappa shape index (κ1) is 12.9. The molecule has 2 heteroatoms. The number of hydrogen-bond acceptors (Lipinski definition) is 2. The highest BCUT2D eigenvalue weighted by atomic mass is 16.4. The zero-order chi connectivity index (χ0) is 10.5. The Balaban J connectivity index is 4.55. The molecule has 1 atom stereocenters. The van der Waals surface area contributed by atoms with Crippen molar-refractivity contribution in [1.29, 1.82) is 0 Å². The van der Waals surface area contributed by atoms with Crippen LogP contribution in [0.25, 0.3) is 0 Å². The Morgan fingerprint density at radius 3 is 1.54 bits per heavy atom. The Morgan fingerprint density at radius 2 is 1.31 bits per heavy atom. The molecule has 0 radical (unpaired) electrons. The molecule has 0 aliphatic carbocycles. The molecule has 0 saturated heterocycles. The highest BCUT2D eigenvalue weighted by molar-refractivity contribution is 4.95. The van der Waals surface area contributed by atoms with E-state index in [4.69, 9.17) is 0 Å². The Labute approximate surface area is 82.0 Å². The van der Waals surface area contributed by atoms with Gasteiger partial charge in [0.05, 0.1) is 11.2 Å². The predicted octanol–water partition coefficient (Wildman–Crippen LogP) is 2.48. The van der Waals surface area contributed by atoms with Crippen molar-refractivity contribution in [1.82, 2.24) is 0 Å². The molecule has 1 unspecified atom stereocenters. The van der Waals surface area contributed by atoms with Gasteiger partial charge in [-0.15, -0.1) is 0 Å². The maximum Gasteiger partial charge on any atom is 0.0930 e. The van der Waals surface area contributed by atoms with Gasteiger partial charge in [0.2, 0.25) is 0 Å². The fraction of sp³-hybridized carbons (Fsp3) is 1.00. The smallest absolute Gasteiger partial charge is 0.0930 e. The van der Waals surface area contributed by atoms with E-state index in [1.54, 1.807) is 6.92 Å². The molecule has 2 N–H and O–H groups in total. The standard InChI is InChI=1S/C11H24O2/c1-5-8-11(13,9-6-2)10(4,12)7-3/h12-13H,5-9H2,1-4H3. The molecule has 0 spiro atoms. The van der Waals surface area contributed by atoms with Crippen LogP contribution in [-0.4, -0.2) is 21.4 Å². The second-order valence-corrected chi connectivity index (χ2v) is 4.16. The van der Waals surface area contributed by atoms with E-state index in [1.165, 1.54) is 0 Å². The summed E-state index contributed by atoms with van der Waals surface area (Å²) < 4.78 is 0. The Hall–Kier alpha value is -0.0800. The van der Waals surface area contributed by atoms with Crippen LogP contribution in [0.1, 0.15) is 59.8 Å². The minimum absolute atomic E-state index is 0.601. The van der Waals surface area contributed by atoms with E-state index in [2.05, 4.69) is 0 Å². The van der Waals surface area contributed by atoms with Gasteiger partial charge in [-0.05, 0) is 26.2 Å². The summed E-state index contributed by atoms with van der Waals surface area (Å²) in [6, 6.07) is 0. The monoisotopic (exact) mass is 188 g/mol. The quantitative estimate of drug-likeness (QED) is 0.672. The third-order valence-electron chi connectivity index (χ3n) is 3.02. The molecule has 0 aromatic rings. The van der Waals surface area contributed by atoms with Crippen LogP contribution in [-0.2, 0) is 0 Å². The molecule has 13 heavy (non-hydrogen) atoms. The van der Waals surface area contributed by atoms with Crippen LogP contribution in [0.15, 0.2) is 0 Å². The first-order valence-corrected chi connectivity index (χ1v) is 5.38. The average molecular weight is 188 g/mol. The minimum atomic E-state index is -0.945. The van der Waals surface area contributed by atoms with Crippen molar-refractivity contribution >= 4 is 0 Å². The number of rotatable bonds is 6. The van der Waals surface area contributed by atoms with Crippen molar-refractivity contribution in [3.05, 3.63) is 0 Å². The molecule has 2 nitrogen and oxygen atoms in total. The maximum absolute atomic E-state index is 10.3. The molecule has 0 rings (SSSR count). The van der Waals surface area contributed by atoms with Crippen molar-refractivity contribution in [3.8, 4) is 0 Å². The van der Waals surface area contributed by atoms with Gasteiger partial charge in [0.25, 0.3) is 0 Å². The molecule has 0 amide bonds. The summed E-state index contributed by atoms with van der Waals surface area (Å²) in [7, 11) is 0. The molecule has 0 aliphatic rings. The molecular weight excluding hydrogens is 164 g/mol. The third kappa shape index (κ3) is 2.96. The van der Waals surface area contributed by atoms with Crippen LogP contribution in [0.2, 0.25) is 0 Å². The van der Waals surface area contributed by atoms with Crippen molar-refractivity contribution < 1.29 is 10.2 Å². The summed E-state index contributed by atoms with van der Waals surface area (Å²) in [5, 5.41) is 20.3. The van der Waals surface area contributed by atoms with Crippen LogP contribution in [0.5, 0.6) is 0 Å². The fourth-order valence-electron chi connectivity index (χ4n) is 1.82. The van der Waals surface area contributed by atoms with Gasteiger partial charge in [-0.1, -0.05) is 33.6 Å². The second kappa shape index (κ2) is 4.97. The largest absolute Gasteiger partial charge is 0.387 e. The van der Waals surface area contributed by atoms with E-state index in [-0.39, 0.29) is 0 Å². The molecule has 0 aliphatic heterocycles. The van der Waals surface area contributed by atoms with Crippen molar-refractivity contribution in [2.24, 2.45) is 0 Å². The molecular formula is C11H24O2. The van der Waals surface area contributed by atoms with Crippen LogP contribution < -0.4 is 0 Å². The molecule has 0 bridgehead atoms. The molecule has 0 heterocycles.